The fourth-order valence-electron chi connectivity index (χ4n) is 4.03. The molecule has 2 bridgehead atoms. The topological polar surface area (TPSA) is 20.2 Å². The third kappa shape index (κ3) is 3.34. The van der Waals surface area contributed by atoms with E-state index in [0.717, 1.165) is 38.5 Å². The van der Waals surface area contributed by atoms with Gasteiger partial charge in [0.05, 0.1) is 5.60 Å². The Morgan fingerprint density at radius 1 is 0.952 bits per heavy atom. The molecule has 0 radical (unpaired) electrons. The van der Waals surface area contributed by atoms with Gasteiger partial charge in [-0.2, -0.15) is 0 Å². The van der Waals surface area contributed by atoms with E-state index in [1.165, 1.54) is 16.7 Å². The van der Waals surface area contributed by atoms with Gasteiger partial charge in [0, 0.05) is 5.41 Å². The van der Waals surface area contributed by atoms with Gasteiger partial charge in [-0.15, -0.1) is 0 Å². The van der Waals surface area contributed by atoms with Crippen LogP contribution in [0.5, 0.6) is 0 Å². The van der Waals surface area contributed by atoms with Gasteiger partial charge in [-0.1, -0.05) is 48.8 Å². The molecule has 2 aliphatic carbocycles. The second-order valence-electron chi connectivity index (χ2n) is 7.84. The first-order valence-corrected chi connectivity index (χ1v) is 8.46. The minimum atomic E-state index is -0.602. The molecule has 0 fully saturated rings. The van der Waals surface area contributed by atoms with Crippen molar-refractivity contribution in [1.29, 1.82) is 0 Å². The molecule has 0 aliphatic heterocycles. The Balaban J connectivity index is 2.39. The van der Waals surface area contributed by atoms with Gasteiger partial charge >= 0.3 is 0 Å². The lowest BCUT2D eigenvalue weighted by atomic mass is 9.57. The number of hydrogen-bond acceptors (Lipinski definition) is 1. The summed E-state index contributed by atoms with van der Waals surface area (Å²) in [6.45, 7) is 11.2. The molecule has 1 nitrogen and oxygen atoms in total. The van der Waals surface area contributed by atoms with Crippen LogP contribution >= 0.6 is 0 Å². The molecule has 0 unspecified atom stereocenters. The van der Waals surface area contributed by atoms with Crippen molar-refractivity contribution < 1.29 is 5.11 Å². The van der Waals surface area contributed by atoms with E-state index in [4.69, 9.17) is 0 Å². The van der Waals surface area contributed by atoms with Crippen molar-refractivity contribution in [2.75, 3.05) is 0 Å². The van der Waals surface area contributed by atoms with Gasteiger partial charge in [-0.25, -0.2) is 0 Å². The van der Waals surface area contributed by atoms with Gasteiger partial charge in [-0.05, 0) is 65.2 Å². The fraction of sp³-hybridized carbons (Fsp3) is 0.700. The molecule has 2 aliphatic rings. The van der Waals surface area contributed by atoms with Crippen LogP contribution in [0.4, 0.5) is 0 Å². The lowest BCUT2D eigenvalue weighted by molar-refractivity contribution is -0.0942. The fourth-order valence-corrected chi connectivity index (χ4v) is 4.03. The highest BCUT2D eigenvalue weighted by Gasteiger charge is 2.49. The Kier molecular flexibility index (Phi) is 4.82. The minimum Gasteiger partial charge on any atom is -0.389 e. The second kappa shape index (κ2) is 6.12. The van der Waals surface area contributed by atoms with E-state index in [0.29, 0.717) is 5.92 Å². The summed E-state index contributed by atoms with van der Waals surface area (Å²) in [7, 11) is 0. The van der Waals surface area contributed by atoms with Crippen molar-refractivity contribution in [3.63, 3.8) is 0 Å². The predicted molar refractivity (Wildman–Crippen MR) is 91.2 cm³/mol. The summed E-state index contributed by atoms with van der Waals surface area (Å²) in [5.74, 6) is 0.479. The summed E-state index contributed by atoms with van der Waals surface area (Å²) in [4.78, 5) is 0. The third-order valence-corrected chi connectivity index (χ3v) is 6.03. The van der Waals surface area contributed by atoms with Gasteiger partial charge in [-0.3, -0.25) is 0 Å². The molecule has 0 amide bonds. The van der Waals surface area contributed by atoms with E-state index >= 15 is 0 Å². The smallest absolute Gasteiger partial charge is 0.0772 e. The van der Waals surface area contributed by atoms with E-state index in [1.54, 1.807) is 0 Å². The number of fused-ring (bicyclic) bond motifs is 2. The zero-order valence-electron chi connectivity index (χ0n) is 14.5. The van der Waals surface area contributed by atoms with Crippen LogP contribution < -0.4 is 0 Å². The van der Waals surface area contributed by atoms with Gasteiger partial charge in [0.1, 0.15) is 0 Å². The summed E-state index contributed by atoms with van der Waals surface area (Å²) < 4.78 is 0. The highest BCUT2D eigenvalue weighted by molar-refractivity contribution is 5.22. The van der Waals surface area contributed by atoms with Crippen LogP contribution in [0.15, 0.2) is 34.9 Å². The van der Waals surface area contributed by atoms with Crippen LogP contribution in [0.2, 0.25) is 0 Å². The average molecular weight is 288 g/mol. The van der Waals surface area contributed by atoms with Crippen LogP contribution in [0, 0.1) is 11.3 Å². The molecule has 118 valence electrons. The molecule has 0 heterocycles. The van der Waals surface area contributed by atoms with Crippen molar-refractivity contribution >= 4 is 0 Å². The maximum Gasteiger partial charge on any atom is 0.0772 e. The Morgan fingerprint density at radius 3 is 2.29 bits per heavy atom. The zero-order chi connectivity index (χ0) is 15.7. The molecular formula is C20H32O. The summed E-state index contributed by atoms with van der Waals surface area (Å²) in [6.07, 6.45) is 13.1. The monoisotopic (exact) mass is 288 g/mol. The Labute approximate surface area is 130 Å². The molecule has 0 aromatic heterocycles. The van der Waals surface area contributed by atoms with Gasteiger partial charge in [0.2, 0.25) is 0 Å². The first-order valence-electron chi connectivity index (χ1n) is 8.46. The van der Waals surface area contributed by atoms with Crippen molar-refractivity contribution in [1.82, 2.24) is 0 Å². The van der Waals surface area contributed by atoms with E-state index in [-0.39, 0.29) is 5.41 Å². The molecule has 21 heavy (non-hydrogen) atoms. The quantitative estimate of drug-likeness (QED) is 0.578. The highest BCUT2D eigenvalue weighted by Crippen LogP contribution is 2.51. The summed E-state index contributed by atoms with van der Waals surface area (Å²) >= 11 is 0. The van der Waals surface area contributed by atoms with Gasteiger partial charge < -0.3 is 5.11 Å². The first kappa shape index (κ1) is 16.5. The molecule has 0 aromatic carbocycles. The Morgan fingerprint density at radius 2 is 1.57 bits per heavy atom. The number of hydrogen-bond donors (Lipinski definition) is 1. The molecule has 0 saturated carbocycles. The maximum atomic E-state index is 11.3. The third-order valence-electron chi connectivity index (χ3n) is 6.03. The van der Waals surface area contributed by atoms with Crippen LogP contribution in [-0.4, -0.2) is 10.7 Å². The lowest BCUT2D eigenvalue weighted by Gasteiger charge is -2.51. The van der Waals surface area contributed by atoms with E-state index < -0.39 is 5.60 Å². The van der Waals surface area contributed by atoms with Crippen LogP contribution in [0.25, 0.3) is 0 Å². The first-order chi connectivity index (χ1) is 9.76. The summed E-state index contributed by atoms with van der Waals surface area (Å²) in [5, 5.41) is 11.3. The number of allylic oxidation sites excluding steroid dienone is 4. The summed E-state index contributed by atoms with van der Waals surface area (Å²) in [6, 6.07) is 0. The van der Waals surface area contributed by atoms with Crippen molar-refractivity contribution in [3.8, 4) is 0 Å². The molecule has 0 saturated heterocycles. The molecule has 0 aromatic rings. The van der Waals surface area contributed by atoms with Gasteiger partial charge in [0.15, 0.2) is 0 Å². The SMILES string of the molecule is CC1=CC[C@]2(O)C/C=C(\C)CC/C=C(\C)CC[C@H]1C2(C)C. The van der Waals surface area contributed by atoms with E-state index in [2.05, 4.69) is 52.8 Å². The zero-order valence-corrected chi connectivity index (χ0v) is 14.5. The highest BCUT2D eigenvalue weighted by atomic mass is 16.3. The van der Waals surface area contributed by atoms with Crippen LogP contribution in [-0.2, 0) is 0 Å². The Bertz CT molecular complexity index is 478. The predicted octanol–water partition coefficient (Wildman–Crippen LogP) is 5.57. The summed E-state index contributed by atoms with van der Waals surface area (Å²) in [5.41, 5.74) is 3.71. The molecular weight excluding hydrogens is 256 g/mol. The standard InChI is InChI=1S/C20H32O/c1-15-7-6-8-16(2)11-13-20(21)14-12-17(3)18(10-9-15)19(20,4)5/h7,11-12,18,21H,6,8-10,13-14H2,1-5H3/b15-7+,16-11+/t18-,20-/m1/s1. The minimum absolute atomic E-state index is 0.0674. The lowest BCUT2D eigenvalue weighted by Crippen LogP contribution is -2.51. The second-order valence-corrected chi connectivity index (χ2v) is 7.84. The van der Waals surface area contributed by atoms with E-state index in [1.807, 2.05) is 0 Å². The molecule has 0 spiro atoms. The van der Waals surface area contributed by atoms with Crippen LogP contribution in [0.1, 0.15) is 73.1 Å². The number of aliphatic hydroxyl groups is 1. The Hall–Kier alpha value is -0.820. The van der Waals surface area contributed by atoms with Crippen LogP contribution in [0.3, 0.4) is 0 Å². The normalized spacial score (nSPS) is 39.0. The molecule has 2 rings (SSSR count). The number of rotatable bonds is 0. The van der Waals surface area contributed by atoms with Crippen molar-refractivity contribution in [2.45, 2.75) is 78.7 Å². The largest absolute Gasteiger partial charge is 0.389 e. The maximum absolute atomic E-state index is 11.3. The van der Waals surface area contributed by atoms with E-state index in [9.17, 15) is 5.11 Å². The van der Waals surface area contributed by atoms with Crippen molar-refractivity contribution in [2.24, 2.45) is 11.3 Å². The molecule has 2 atom stereocenters. The average Bonchev–Trinajstić information content (AvgIpc) is 2.40. The van der Waals surface area contributed by atoms with Gasteiger partial charge in [0.25, 0.3) is 0 Å². The molecule has 1 N–H and O–H groups in total. The van der Waals surface area contributed by atoms with Crippen molar-refractivity contribution in [3.05, 3.63) is 34.9 Å². The molecule has 1 heteroatoms.